The third-order valence-electron chi connectivity index (χ3n) is 2.74. The van der Waals surface area contributed by atoms with Gasteiger partial charge in [-0.1, -0.05) is 0 Å². The van der Waals surface area contributed by atoms with Crippen molar-refractivity contribution in [2.24, 2.45) is 0 Å². The van der Waals surface area contributed by atoms with Gasteiger partial charge in [-0.05, 0) is 28.4 Å². The van der Waals surface area contributed by atoms with Gasteiger partial charge < -0.3 is 16.0 Å². The number of halogens is 1. The fraction of sp³-hybridized carbons (Fsp3) is 0.455. The second kappa shape index (κ2) is 4.91. The molecular weight excluding hydrogens is 284 g/mol. The first kappa shape index (κ1) is 12.2. The molecule has 0 saturated carbocycles. The van der Waals surface area contributed by atoms with Crippen LogP contribution in [0.25, 0.3) is 0 Å². The van der Waals surface area contributed by atoms with Crippen molar-refractivity contribution in [3.05, 3.63) is 16.7 Å². The number of aromatic nitrogens is 1. The highest BCUT2D eigenvalue weighted by Gasteiger charge is 2.25. The summed E-state index contributed by atoms with van der Waals surface area (Å²) in [5, 5.41) is 2.92. The van der Waals surface area contributed by atoms with Gasteiger partial charge in [-0.15, -0.1) is 0 Å². The monoisotopic (exact) mass is 298 g/mol. The summed E-state index contributed by atoms with van der Waals surface area (Å²) in [6, 6.07) is 2.05. The highest BCUT2D eigenvalue weighted by Crippen LogP contribution is 2.28. The van der Waals surface area contributed by atoms with Crippen molar-refractivity contribution in [3.8, 4) is 0 Å². The van der Waals surface area contributed by atoms with Gasteiger partial charge in [0.2, 0.25) is 5.91 Å². The SMILES string of the molecule is CC(=O)NC1CCN(c2ncc(N)cc2Br)C1. The Bertz CT molecular complexity index is 437. The highest BCUT2D eigenvalue weighted by atomic mass is 79.9. The number of carbonyl (C=O) groups excluding carboxylic acids is 1. The number of pyridine rings is 1. The second-order valence-corrected chi connectivity index (χ2v) is 5.06. The standard InChI is InChI=1S/C11H15BrN4O/c1-7(17)15-9-2-3-16(6-9)11-10(12)4-8(13)5-14-11/h4-5,9H,2-3,6,13H2,1H3,(H,15,17). The fourth-order valence-corrected chi connectivity index (χ4v) is 2.65. The summed E-state index contributed by atoms with van der Waals surface area (Å²) < 4.78 is 0.890. The normalized spacial score (nSPS) is 19.4. The first-order valence-electron chi connectivity index (χ1n) is 5.49. The van der Waals surface area contributed by atoms with Crippen LogP contribution in [-0.4, -0.2) is 30.0 Å². The fourth-order valence-electron chi connectivity index (χ4n) is 2.04. The molecule has 92 valence electrons. The molecule has 1 aromatic rings. The van der Waals surface area contributed by atoms with E-state index in [-0.39, 0.29) is 11.9 Å². The lowest BCUT2D eigenvalue weighted by molar-refractivity contribution is -0.119. The quantitative estimate of drug-likeness (QED) is 0.859. The van der Waals surface area contributed by atoms with Crippen molar-refractivity contribution in [2.45, 2.75) is 19.4 Å². The molecule has 1 aromatic heterocycles. The Morgan fingerprint density at radius 1 is 1.71 bits per heavy atom. The van der Waals surface area contributed by atoms with Gasteiger partial charge in [0.25, 0.3) is 0 Å². The molecule has 0 aromatic carbocycles. The zero-order valence-electron chi connectivity index (χ0n) is 9.61. The number of nitrogens with zero attached hydrogens (tertiary/aromatic N) is 2. The molecule has 0 radical (unpaired) electrons. The number of hydrogen-bond acceptors (Lipinski definition) is 4. The Morgan fingerprint density at radius 2 is 2.47 bits per heavy atom. The summed E-state index contributed by atoms with van der Waals surface area (Å²) in [5.41, 5.74) is 6.29. The van der Waals surface area contributed by atoms with Crippen LogP contribution in [0.2, 0.25) is 0 Å². The second-order valence-electron chi connectivity index (χ2n) is 4.21. The maximum atomic E-state index is 11.0. The third-order valence-corrected chi connectivity index (χ3v) is 3.32. The van der Waals surface area contributed by atoms with Gasteiger partial charge in [0.1, 0.15) is 5.82 Å². The van der Waals surface area contributed by atoms with Gasteiger partial charge in [0.15, 0.2) is 0 Å². The summed E-state index contributed by atoms with van der Waals surface area (Å²) in [6.45, 7) is 3.22. The first-order chi connectivity index (χ1) is 8.06. The van der Waals surface area contributed by atoms with E-state index in [0.717, 1.165) is 29.8 Å². The summed E-state index contributed by atoms with van der Waals surface area (Å²) in [7, 11) is 0. The van der Waals surface area contributed by atoms with Crippen molar-refractivity contribution in [1.29, 1.82) is 0 Å². The van der Waals surface area contributed by atoms with E-state index in [1.807, 2.05) is 6.07 Å². The molecule has 1 aliphatic heterocycles. The van der Waals surface area contributed by atoms with Crippen molar-refractivity contribution < 1.29 is 4.79 Å². The lowest BCUT2D eigenvalue weighted by Crippen LogP contribution is -2.35. The molecular formula is C11H15BrN4O. The number of nitrogen functional groups attached to an aromatic ring is 1. The van der Waals surface area contributed by atoms with E-state index in [4.69, 9.17) is 5.73 Å². The Hall–Kier alpha value is -1.30. The molecule has 3 N–H and O–H groups in total. The summed E-state index contributed by atoms with van der Waals surface area (Å²) in [5.74, 6) is 0.897. The minimum atomic E-state index is 0.0150. The Labute approximate surface area is 109 Å². The van der Waals surface area contributed by atoms with Crippen molar-refractivity contribution in [1.82, 2.24) is 10.3 Å². The summed E-state index contributed by atoms with van der Waals surface area (Å²) in [4.78, 5) is 17.4. The Balaban J connectivity index is 2.07. The Kier molecular flexibility index (Phi) is 3.51. The molecule has 1 unspecified atom stereocenters. The summed E-state index contributed by atoms with van der Waals surface area (Å²) in [6.07, 6.45) is 2.59. The molecule has 1 amide bonds. The molecule has 5 nitrogen and oxygen atoms in total. The van der Waals surface area contributed by atoms with Gasteiger partial charge in [-0.2, -0.15) is 0 Å². The van der Waals surface area contributed by atoms with Crippen LogP contribution in [0, 0.1) is 0 Å². The van der Waals surface area contributed by atoms with Crippen LogP contribution >= 0.6 is 15.9 Å². The molecule has 0 aliphatic carbocycles. The average Bonchev–Trinajstić information content (AvgIpc) is 2.65. The molecule has 1 fully saturated rings. The van der Waals surface area contributed by atoms with Gasteiger partial charge >= 0.3 is 0 Å². The largest absolute Gasteiger partial charge is 0.397 e. The average molecular weight is 299 g/mol. The predicted octanol–water partition coefficient (Wildman–Crippen LogP) is 1.14. The van der Waals surface area contributed by atoms with E-state index in [9.17, 15) is 4.79 Å². The number of hydrogen-bond donors (Lipinski definition) is 2. The van der Waals surface area contributed by atoms with Crippen LogP contribution in [0.3, 0.4) is 0 Å². The molecule has 1 atom stereocenters. The van der Waals surface area contributed by atoms with Crippen molar-refractivity contribution in [3.63, 3.8) is 0 Å². The minimum absolute atomic E-state index is 0.0150. The zero-order chi connectivity index (χ0) is 12.4. The van der Waals surface area contributed by atoms with E-state index in [2.05, 4.69) is 31.1 Å². The van der Waals surface area contributed by atoms with E-state index >= 15 is 0 Å². The van der Waals surface area contributed by atoms with Crippen LogP contribution in [0.15, 0.2) is 16.7 Å². The van der Waals surface area contributed by atoms with Crippen LogP contribution in [0.5, 0.6) is 0 Å². The van der Waals surface area contributed by atoms with Crippen LogP contribution in [0.1, 0.15) is 13.3 Å². The van der Waals surface area contributed by atoms with Gasteiger partial charge in [0, 0.05) is 26.1 Å². The lowest BCUT2D eigenvalue weighted by atomic mass is 10.2. The van der Waals surface area contributed by atoms with Gasteiger partial charge in [-0.3, -0.25) is 4.79 Å². The molecule has 2 rings (SSSR count). The molecule has 1 aliphatic rings. The number of anilines is 2. The summed E-state index contributed by atoms with van der Waals surface area (Å²) >= 11 is 3.46. The highest BCUT2D eigenvalue weighted by molar-refractivity contribution is 9.10. The molecule has 6 heteroatoms. The van der Waals surface area contributed by atoms with Crippen LogP contribution in [-0.2, 0) is 4.79 Å². The number of rotatable bonds is 2. The number of nitrogens with two attached hydrogens (primary N) is 1. The van der Waals surface area contributed by atoms with E-state index < -0.39 is 0 Å². The van der Waals surface area contributed by atoms with Crippen molar-refractivity contribution >= 4 is 33.3 Å². The zero-order valence-corrected chi connectivity index (χ0v) is 11.2. The smallest absolute Gasteiger partial charge is 0.217 e. The third kappa shape index (κ3) is 2.88. The van der Waals surface area contributed by atoms with Gasteiger partial charge in [-0.25, -0.2) is 4.98 Å². The molecule has 2 heterocycles. The molecule has 0 spiro atoms. The van der Waals surface area contributed by atoms with Crippen LogP contribution in [0.4, 0.5) is 11.5 Å². The predicted molar refractivity (Wildman–Crippen MR) is 70.8 cm³/mol. The number of carbonyl (C=O) groups is 1. The maximum absolute atomic E-state index is 11.0. The number of nitrogens with one attached hydrogen (secondary N) is 1. The molecule has 1 saturated heterocycles. The first-order valence-corrected chi connectivity index (χ1v) is 6.28. The molecule has 0 bridgehead atoms. The van der Waals surface area contributed by atoms with Crippen molar-refractivity contribution in [2.75, 3.05) is 23.7 Å². The minimum Gasteiger partial charge on any atom is -0.397 e. The van der Waals surface area contributed by atoms with E-state index in [1.165, 1.54) is 0 Å². The maximum Gasteiger partial charge on any atom is 0.217 e. The van der Waals surface area contributed by atoms with E-state index in [0.29, 0.717) is 5.69 Å². The van der Waals surface area contributed by atoms with Gasteiger partial charge in [0.05, 0.1) is 16.4 Å². The molecule has 17 heavy (non-hydrogen) atoms. The van der Waals surface area contributed by atoms with Crippen LogP contribution < -0.4 is 16.0 Å². The Morgan fingerprint density at radius 3 is 3.12 bits per heavy atom. The lowest BCUT2D eigenvalue weighted by Gasteiger charge is -2.19. The van der Waals surface area contributed by atoms with E-state index in [1.54, 1.807) is 13.1 Å². The number of amides is 1. The topological polar surface area (TPSA) is 71.2 Å².